The Balaban J connectivity index is 2.50. The van der Waals surface area contributed by atoms with Crippen LogP contribution in [0.15, 0.2) is 0 Å². The molecule has 7 nitrogen and oxygen atoms in total. The second-order valence-electron chi connectivity index (χ2n) is 4.29. The van der Waals surface area contributed by atoms with Gasteiger partial charge < -0.3 is 0 Å². The van der Waals surface area contributed by atoms with Crippen LogP contribution >= 0.6 is 0 Å². The smallest absolute Gasteiger partial charge is 0.212 e. The van der Waals surface area contributed by atoms with Gasteiger partial charge in [0.05, 0.1) is 6.26 Å². The maximum atomic E-state index is 11.4. The van der Waals surface area contributed by atoms with E-state index in [2.05, 4.69) is 4.72 Å². The van der Waals surface area contributed by atoms with Crippen LogP contribution in [0.4, 0.5) is 0 Å². The summed E-state index contributed by atoms with van der Waals surface area (Å²) in [6.45, 7) is 0.265. The third-order valence-corrected chi connectivity index (χ3v) is 5.34. The molecular formula is C8H19N3O4S2. The molecule has 0 amide bonds. The van der Waals surface area contributed by atoms with Crippen molar-refractivity contribution in [3.8, 4) is 0 Å². The highest BCUT2D eigenvalue weighted by atomic mass is 32.2. The average molecular weight is 285 g/mol. The van der Waals surface area contributed by atoms with Crippen LogP contribution in [-0.2, 0) is 20.2 Å². The van der Waals surface area contributed by atoms with Crippen molar-refractivity contribution in [3.63, 3.8) is 0 Å². The van der Waals surface area contributed by atoms with Crippen LogP contribution < -0.4 is 4.72 Å². The van der Waals surface area contributed by atoms with Crippen molar-refractivity contribution in [2.75, 3.05) is 33.4 Å². The summed E-state index contributed by atoms with van der Waals surface area (Å²) in [6.07, 6.45) is 2.85. The lowest BCUT2D eigenvalue weighted by Gasteiger charge is -2.20. The first-order chi connectivity index (χ1) is 7.64. The maximum absolute atomic E-state index is 11.4. The number of nitrogens with one attached hydrogen (secondary N) is 1. The van der Waals surface area contributed by atoms with Crippen LogP contribution in [0.25, 0.3) is 0 Å². The predicted molar refractivity (Wildman–Crippen MR) is 65.2 cm³/mol. The molecule has 1 saturated carbocycles. The van der Waals surface area contributed by atoms with Gasteiger partial charge in [-0.15, -0.1) is 0 Å². The monoisotopic (exact) mass is 285 g/mol. The summed E-state index contributed by atoms with van der Waals surface area (Å²) in [4.78, 5) is 0. The van der Waals surface area contributed by atoms with Crippen molar-refractivity contribution >= 4 is 20.2 Å². The van der Waals surface area contributed by atoms with E-state index in [9.17, 15) is 16.8 Å². The van der Waals surface area contributed by atoms with Crippen molar-refractivity contribution in [1.82, 2.24) is 13.3 Å². The fourth-order valence-electron chi connectivity index (χ4n) is 1.40. The Hall–Kier alpha value is -0.220. The fraction of sp³-hybridized carbons (Fsp3) is 1.00. The zero-order valence-electron chi connectivity index (χ0n) is 10.2. The van der Waals surface area contributed by atoms with Gasteiger partial charge in [0, 0.05) is 33.2 Å². The SMILES string of the molecule is CN(C)S(=O)(=O)NCCN(C1CC1)S(C)(=O)=O. The zero-order chi connectivity index (χ0) is 13.3. The summed E-state index contributed by atoms with van der Waals surface area (Å²) in [7, 11) is -3.91. The van der Waals surface area contributed by atoms with E-state index in [4.69, 9.17) is 0 Å². The van der Waals surface area contributed by atoms with Gasteiger partial charge in [-0.05, 0) is 12.8 Å². The van der Waals surface area contributed by atoms with Crippen molar-refractivity contribution in [3.05, 3.63) is 0 Å². The number of hydrogen-bond donors (Lipinski definition) is 1. The lowest BCUT2D eigenvalue weighted by Crippen LogP contribution is -2.42. The first kappa shape index (κ1) is 14.8. The molecule has 102 valence electrons. The molecule has 17 heavy (non-hydrogen) atoms. The molecule has 1 aliphatic carbocycles. The third kappa shape index (κ3) is 4.51. The lowest BCUT2D eigenvalue weighted by molar-refractivity contribution is 0.407. The minimum atomic E-state index is -3.48. The summed E-state index contributed by atoms with van der Waals surface area (Å²) < 4.78 is 50.4. The molecule has 0 spiro atoms. The van der Waals surface area contributed by atoms with E-state index in [1.807, 2.05) is 0 Å². The third-order valence-electron chi connectivity index (χ3n) is 2.48. The zero-order valence-corrected chi connectivity index (χ0v) is 11.9. The first-order valence-corrected chi connectivity index (χ1v) is 8.57. The normalized spacial score (nSPS) is 17.9. The standard InChI is InChI=1S/C8H19N3O4S2/c1-10(2)17(14,15)9-6-7-11(8-4-5-8)16(3,12)13/h8-9H,4-7H2,1-3H3. The minimum absolute atomic E-state index is 0.0499. The number of sulfonamides is 1. The molecule has 0 unspecified atom stereocenters. The highest BCUT2D eigenvalue weighted by molar-refractivity contribution is 7.88. The molecule has 1 aliphatic rings. The summed E-state index contributed by atoms with van der Waals surface area (Å²) >= 11 is 0. The van der Waals surface area contributed by atoms with E-state index in [1.54, 1.807) is 0 Å². The van der Waals surface area contributed by atoms with Crippen LogP contribution in [0.5, 0.6) is 0 Å². The van der Waals surface area contributed by atoms with Crippen LogP contribution in [0, 0.1) is 0 Å². The Bertz CT molecular complexity index is 453. The van der Waals surface area contributed by atoms with E-state index in [0.29, 0.717) is 0 Å². The van der Waals surface area contributed by atoms with Gasteiger partial charge in [0.25, 0.3) is 10.2 Å². The molecule has 0 heterocycles. The number of hydrogen-bond acceptors (Lipinski definition) is 4. The second kappa shape index (κ2) is 5.19. The number of nitrogens with zero attached hydrogens (tertiary/aromatic N) is 2. The second-order valence-corrected chi connectivity index (χ2v) is 8.19. The molecule has 0 aliphatic heterocycles. The van der Waals surface area contributed by atoms with E-state index in [0.717, 1.165) is 23.4 Å². The summed E-state index contributed by atoms with van der Waals surface area (Å²) in [5.41, 5.74) is 0. The molecular weight excluding hydrogens is 266 g/mol. The van der Waals surface area contributed by atoms with Gasteiger partial charge in [-0.3, -0.25) is 0 Å². The van der Waals surface area contributed by atoms with E-state index in [1.165, 1.54) is 18.4 Å². The highest BCUT2D eigenvalue weighted by Gasteiger charge is 2.34. The van der Waals surface area contributed by atoms with Gasteiger partial charge in [0.15, 0.2) is 0 Å². The van der Waals surface area contributed by atoms with E-state index >= 15 is 0 Å². The summed E-state index contributed by atoms with van der Waals surface area (Å²) in [6, 6.07) is 0.0499. The van der Waals surface area contributed by atoms with Crippen LogP contribution in [0.3, 0.4) is 0 Å². The molecule has 0 aromatic heterocycles. The Morgan fingerprint density at radius 3 is 2.06 bits per heavy atom. The Morgan fingerprint density at radius 1 is 1.18 bits per heavy atom. The quantitative estimate of drug-likeness (QED) is 0.637. The highest BCUT2D eigenvalue weighted by Crippen LogP contribution is 2.28. The molecule has 1 fully saturated rings. The average Bonchev–Trinajstić information content (AvgIpc) is 2.93. The summed E-state index contributed by atoms with van der Waals surface area (Å²) in [5.74, 6) is 0. The predicted octanol–water partition coefficient (Wildman–Crippen LogP) is -1.19. The molecule has 9 heteroatoms. The van der Waals surface area contributed by atoms with E-state index < -0.39 is 20.2 Å². The van der Waals surface area contributed by atoms with Gasteiger partial charge in [-0.2, -0.15) is 17.0 Å². The van der Waals surface area contributed by atoms with E-state index in [-0.39, 0.29) is 19.1 Å². The van der Waals surface area contributed by atoms with Crippen LogP contribution in [-0.4, -0.2) is 64.9 Å². The molecule has 0 bridgehead atoms. The fourth-order valence-corrected chi connectivity index (χ4v) is 3.18. The van der Waals surface area contributed by atoms with Crippen molar-refractivity contribution in [1.29, 1.82) is 0 Å². The molecule has 0 aromatic rings. The topological polar surface area (TPSA) is 86.8 Å². The van der Waals surface area contributed by atoms with Gasteiger partial charge in [0.1, 0.15) is 0 Å². The minimum Gasteiger partial charge on any atom is -0.212 e. The van der Waals surface area contributed by atoms with Gasteiger partial charge in [-0.25, -0.2) is 13.1 Å². The largest absolute Gasteiger partial charge is 0.278 e. The first-order valence-electron chi connectivity index (χ1n) is 5.28. The molecule has 0 aromatic carbocycles. The Kier molecular flexibility index (Phi) is 4.53. The molecule has 0 radical (unpaired) electrons. The molecule has 1 rings (SSSR count). The maximum Gasteiger partial charge on any atom is 0.278 e. The lowest BCUT2D eigenvalue weighted by atomic mass is 10.6. The molecule has 0 saturated heterocycles. The van der Waals surface area contributed by atoms with Crippen LogP contribution in [0.1, 0.15) is 12.8 Å². The summed E-state index contributed by atoms with van der Waals surface area (Å²) in [5, 5.41) is 0. The Morgan fingerprint density at radius 2 is 1.71 bits per heavy atom. The van der Waals surface area contributed by atoms with Gasteiger partial charge >= 0.3 is 0 Å². The van der Waals surface area contributed by atoms with Crippen LogP contribution in [0.2, 0.25) is 0 Å². The van der Waals surface area contributed by atoms with Crippen molar-refractivity contribution in [2.45, 2.75) is 18.9 Å². The molecule has 0 atom stereocenters. The van der Waals surface area contributed by atoms with Crippen molar-refractivity contribution in [2.24, 2.45) is 0 Å². The Labute approximate surface area is 103 Å². The number of rotatable bonds is 7. The van der Waals surface area contributed by atoms with Gasteiger partial charge in [-0.1, -0.05) is 0 Å². The van der Waals surface area contributed by atoms with Gasteiger partial charge in [0.2, 0.25) is 10.0 Å². The molecule has 1 N–H and O–H groups in total. The van der Waals surface area contributed by atoms with Crippen molar-refractivity contribution < 1.29 is 16.8 Å².